The maximum atomic E-state index is 13.8. The Bertz CT molecular complexity index is 1020. The highest BCUT2D eigenvalue weighted by Gasteiger charge is 2.32. The van der Waals surface area contributed by atoms with Gasteiger partial charge in [-0.2, -0.15) is 0 Å². The lowest BCUT2D eigenvalue weighted by Crippen LogP contribution is -2.56. The number of nitrogens with one attached hydrogen (secondary N) is 2. The highest BCUT2D eigenvalue weighted by atomic mass is 32.1. The number of carbonyl (C=O) groups is 1. The molecule has 8 nitrogen and oxygen atoms in total. The molecule has 2 amide bonds. The molecule has 1 fully saturated rings. The van der Waals surface area contributed by atoms with Crippen LogP contribution >= 0.6 is 11.3 Å². The Morgan fingerprint density at radius 1 is 1.25 bits per heavy atom. The van der Waals surface area contributed by atoms with Crippen molar-refractivity contribution in [2.45, 2.75) is 12.5 Å². The van der Waals surface area contributed by atoms with Crippen molar-refractivity contribution in [2.75, 3.05) is 43.5 Å². The fourth-order valence-corrected chi connectivity index (χ4v) is 4.19. The van der Waals surface area contributed by atoms with Gasteiger partial charge >= 0.3 is 12.4 Å². The topological polar surface area (TPSA) is 78.4 Å². The SMILES string of the molecule is COC1=Nc2ccsc2NC1NC(=O)N1CCN(c2cc(F)cc(OC(F)(F)F)c2)CC1. The number of hydrogen-bond donors (Lipinski definition) is 2. The van der Waals surface area contributed by atoms with Crippen LogP contribution in [0.1, 0.15) is 0 Å². The number of aliphatic imine (C=N–C) groups is 1. The second kappa shape index (κ2) is 8.73. The lowest BCUT2D eigenvalue weighted by atomic mass is 10.2. The van der Waals surface area contributed by atoms with Crippen molar-refractivity contribution in [3.63, 3.8) is 0 Å². The number of anilines is 2. The lowest BCUT2D eigenvalue weighted by molar-refractivity contribution is -0.274. The van der Waals surface area contributed by atoms with Crippen molar-refractivity contribution in [1.82, 2.24) is 10.2 Å². The third kappa shape index (κ3) is 4.98. The number of carbonyl (C=O) groups excluding carboxylic acids is 1. The molecule has 1 aromatic carbocycles. The largest absolute Gasteiger partial charge is 0.573 e. The minimum atomic E-state index is -4.91. The molecule has 0 saturated carbocycles. The van der Waals surface area contributed by atoms with Crippen LogP contribution in [0.4, 0.5) is 38.7 Å². The second-order valence-corrected chi connectivity index (χ2v) is 7.90. The smallest absolute Gasteiger partial charge is 0.481 e. The van der Waals surface area contributed by atoms with E-state index in [0.29, 0.717) is 25.1 Å². The molecule has 2 aliphatic heterocycles. The number of amides is 2. The molecule has 0 spiro atoms. The Labute approximate surface area is 184 Å². The summed E-state index contributed by atoms with van der Waals surface area (Å²) in [7, 11) is 1.46. The third-order valence-corrected chi connectivity index (χ3v) is 5.73. The van der Waals surface area contributed by atoms with Gasteiger partial charge in [0.25, 0.3) is 0 Å². The molecule has 3 heterocycles. The monoisotopic (exact) mass is 473 g/mol. The highest BCUT2D eigenvalue weighted by molar-refractivity contribution is 7.14. The van der Waals surface area contributed by atoms with Crippen LogP contribution in [0.3, 0.4) is 0 Å². The minimum absolute atomic E-state index is 0.247. The number of benzene rings is 1. The highest BCUT2D eigenvalue weighted by Crippen LogP contribution is 2.35. The van der Waals surface area contributed by atoms with Crippen molar-refractivity contribution < 1.29 is 31.8 Å². The van der Waals surface area contributed by atoms with Crippen molar-refractivity contribution in [2.24, 2.45) is 4.99 Å². The minimum Gasteiger partial charge on any atom is -0.481 e. The van der Waals surface area contributed by atoms with Gasteiger partial charge in [0.1, 0.15) is 22.3 Å². The summed E-state index contributed by atoms with van der Waals surface area (Å²) < 4.78 is 60.3. The van der Waals surface area contributed by atoms with Crippen LogP contribution in [0.15, 0.2) is 34.6 Å². The first-order chi connectivity index (χ1) is 15.2. The van der Waals surface area contributed by atoms with Gasteiger partial charge in [0, 0.05) is 44.0 Å². The first-order valence-corrected chi connectivity index (χ1v) is 10.4. The van der Waals surface area contributed by atoms with Crippen LogP contribution in [0.25, 0.3) is 0 Å². The first kappa shape index (κ1) is 22.0. The van der Waals surface area contributed by atoms with Crippen LogP contribution in [0, 0.1) is 5.82 Å². The van der Waals surface area contributed by atoms with E-state index in [1.54, 1.807) is 9.80 Å². The van der Waals surface area contributed by atoms with E-state index in [9.17, 15) is 22.4 Å². The lowest BCUT2D eigenvalue weighted by Gasteiger charge is -2.37. The summed E-state index contributed by atoms with van der Waals surface area (Å²) in [5.41, 5.74) is 0.979. The number of hydrogen-bond acceptors (Lipinski definition) is 7. The predicted octanol–water partition coefficient (Wildman–Crippen LogP) is 3.75. The van der Waals surface area contributed by atoms with Crippen molar-refractivity contribution in [1.29, 1.82) is 0 Å². The number of piperazine rings is 1. The van der Waals surface area contributed by atoms with Gasteiger partial charge in [0.15, 0.2) is 6.17 Å². The molecule has 13 heteroatoms. The molecule has 2 aromatic rings. The Morgan fingerprint density at radius 2 is 2.00 bits per heavy atom. The zero-order valence-electron chi connectivity index (χ0n) is 16.8. The fraction of sp³-hybridized carbons (Fsp3) is 0.368. The van der Waals surface area contributed by atoms with Crippen LogP contribution in [0.2, 0.25) is 0 Å². The quantitative estimate of drug-likeness (QED) is 0.664. The van der Waals surface area contributed by atoms with Gasteiger partial charge in [-0.1, -0.05) is 0 Å². The average Bonchev–Trinajstić information content (AvgIpc) is 3.19. The molecule has 1 unspecified atom stereocenters. The summed E-state index contributed by atoms with van der Waals surface area (Å²) in [6.07, 6.45) is -5.55. The maximum absolute atomic E-state index is 13.8. The van der Waals surface area contributed by atoms with Gasteiger partial charge in [-0.05, 0) is 17.5 Å². The number of urea groups is 1. The molecule has 1 saturated heterocycles. The number of thiophene rings is 1. The Balaban J connectivity index is 1.36. The molecule has 2 N–H and O–H groups in total. The van der Waals surface area contributed by atoms with Gasteiger partial charge in [-0.25, -0.2) is 14.2 Å². The summed E-state index contributed by atoms with van der Waals surface area (Å²) in [5.74, 6) is -1.15. The van der Waals surface area contributed by atoms with Crippen molar-refractivity contribution in [3.8, 4) is 5.75 Å². The summed E-state index contributed by atoms with van der Waals surface area (Å²) in [6, 6.07) is 4.41. The van der Waals surface area contributed by atoms with E-state index in [1.165, 1.54) is 18.4 Å². The summed E-state index contributed by atoms with van der Waals surface area (Å²) in [6.45, 7) is 1.18. The van der Waals surface area contributed by atoms with E-state index < -0.39 is 24.1 Å². The third-order valence-electron chi connectivity index (χ3n) is 4.90. The molecule has 0 aliphatic carbocycles. The van der Waals surface area contributed by atoms with E-state index in [1.807, 2.05) is 11.4 Å². The summed E-state index contributed by atoms with van der Waals surface area (Å²) in [4.78, 5) is 20.3. The molecule has 0 bridgehead atoms. The van der Waals surface area contributed by atoms with Crippen LogP contribution in [-0.4, -0.2) is 62.6 Å². The summed E-state index contributed by atoms with van der Waals surface area (Å²) >= 11 is 1.45. The number of halogens is 4. The van der Waals surface area contributed by atoms with Gasteiger partial charge in [-0.3, -0.25) is 0 Å². The van der Waals surface area contributed by atoms with Gasteiger partial charge < -0.3 is 29.9 Å². The number of alkyl halides is 3. The van der Waals surface area contributed by atoms with E-state index in [4.69, 9.17) is 4.74 Å². The van der Waals surface area contributed by atoms with Gasteiger partial charge in [0.2, 0.25) is 5.90 Å². The van der Waals surface area contributed by atoms with Gasteiger partial charge in [-0.15, -0.1) is 24.5 Å². The van der Waals surface area contributed by atoms with Gasteiger partial charge in [0.05, 0.1) is 7.11 Å². The molecule has 1 atom stereocenters. The molecule has 172 valence electrons. The van der Waals surface area contributed by atoms with Crippen molar-refractivity contribution >= 4 is 39.6 Å². The second-order valence-electron chi connectivity index (χ2n) is 6.98. The molecular weight excluding hydrogens is 454 g/mol. The van der Waals surface area contributed by atoms with E-state index >= 15 is 0 Å². The molecule has 1 aromatic heterocycles. The Kier molecular flexibility index (Phi) is 6.00. The number of methoxy groups -OCH3 is 1. The molecular formula is C19H19F4N5O3S. The summed E-state index contributed by atoms with van der Waals surface area (Å²) in [5, 5.41) is 8.66. The number of fused-ring (bicyclic) bond motifs is 1. The van der Waals surface area contributed by atoms with E-state index in [2.05, 4.69) is 20.4 Å². The van der Waals surface area contributed by atoms with E-state index in [0.717, 1.165) is 22.8 Å². The fourth-order valence-electron chi connectivity index (χ4n) is 3.44. The zero-order chi connectivity index (χ0) is 22.9. The number of ether oxygens (including phenoxy) is 2. The van der Waals surface area contributed by atoms with E-state index in [-0.39, 0.29) is 24.8 Å². The normalized spacial score (nSPS) is 18.4. The molecule has 32 heavy (non-hydrogen) atoms. The molecule has 4 rings (SSSR count). The zero-order valence-corrected chi connectivity index (χ0v) is 17.6. The molecule has 2 aliphatic rings. The van der Waals surface area contributed by atoms with Crippen LogP contribution in [-0.2, 0) is 4.74 Å². The Hall–Kier alpha value is -3.22. The maximum Gasteiger partial charge on any atom is 0.573 e. The first-order valence-electron chi connectivity index (χ1n) is 9.55. The average molecular weight is 473 g/mol. The predicted molar refractivity (Wildman–Crippen MR) is 111 cm³/mol. The number of nitrogens with zero attached hydrogens (tertiary/aromatic N) is 3. The standard InChI is InChI=1S/C19H19F4N5O3S/c1-30-16-15(25-17-14(24-16)2-7-32-17)26-18(29)28-5-3-27(4-6-28)12-8-11(20)9-13(10-12)31-19(21,22)23/h2,7-10,15,25H,3-6H2,1H3,(H,26,29). The molecule has 0 radical (unpaired) electrons. The van der Waals surface area contributed by atoms with Crippen LogP contribution < -0.4 is 20.3 Å². The van der Waals surface area contributed by atoms with Crippen LogP contribution in [0.5, 0.6) is 5.75 Å². The Morgan fingerprint density at radius 3 is 2.69 bits per heavy atom. The number of rotatable bonds is 3. The van der Waals surface area contributed by atoms with Crippen molar-refractivity contribution in [3.05, 3.63) is 35.5 Å².